The van der Waals surface area contributed by atoms with E-state index in [-0.39, 0.29) is 0 Å². The van der Waals surface area contributed by atoms with Crippen molar-refractivity contribution in [2.45, 2.75) is 13.1 Å². The zero-order chi connectivity index (χ0) is 12.3. The highest BCUT2D eigenvalue weighted by atomic mass is 79.9. The third kappa shape index (κ3) is 3.31. The quantitative estimate of drug-likeness (QED) is 0.910. The fourth-order valence-electron chi connectivity index (χ4n) is 1.72. The zero-order valence-corrected chi connectivity index (χ0v) is 11.2. The van der Waals surface area contributed by atoms with Gasteiger partial charge in [-0.1, -0.05) is 34.1 Å². The number of aromatic nitrogens is 2. The number of nitrogens with zero attached hydrogens (tertiary/aromatic N) is 2. The number of hydrogen-bond donors (Lipinski definition) is 2. The topological polar surface area (TPSA) is 57.9 Å². The van der Waals surface area contributed by atoms with Gasteiger partial charge in [0.05, 0.1) is 5.69 Å². The number of H-pyrrole nitrogens is 1. The van der Waals surface area contributed by atoms with Gasteiger partial charge in [-0.05, 0) is 18.7 Å². The maximum atomic E-state index is 5.56. The molecule has 3 N–H and O–H groups in total. The van der Waals surface area contributed by atoms with Gasteiger partial charge in [0.25, 0.3) is 0 Å². The smallest absolute Gasteiger partial charge is 0.145 e. The summed E-state index contributed by atoms with van der Waals surface area (Å²) in [7, 11) is 2.07. The van der Waals surface area contributed by atoms with Crippen LogP contribution in [0, 0.1) is 0 Å². The zero-order valence-electron chi connectivity index (χ0n) is 9.65. The summed E-state index contributed by atoms with van der Waals surface area (Å²) in [5.74, 6) is 0.536. The Bertz CT molecular complexity index is 495. The maximum Gasteiger partial charge on any atom is 0.145 e. The standard InChI is InChI=1S/C12H15BrN4/c1-17(8-10-6-12(14)16-15-10)7-9-4-2-3-5-11(9)13/h2-6H,7-8H2,1H3,(H3,14,15,16). The summed E-state index contributed by atoms with van der Waals surface area (Å²) in [5, 5.41) is 6.82. The van der Waals surface area contributed by atoms with E-state index in [1.165, 1.54) is 5.56 Å². The highest BCUT2D eigenvalue weighted by molar-refractivity contribution is 9.10. The largest absolute Gasteiger partial charge is 0.382 e. The second kappa shape index (κ2) is 5.33. The van der Waals surface area contributed by atoms with Gasteiger partial charge in [0, 0.05) is 23.6 Å². The summed E-state index contributed by atoms with van der Waals surface area (Å²) < 4.78 is 1.14. The molecule has 0 saturated heterocycles. The molecule has 0 bridgehead atoms. The summed E-state index contributed by atoms with van der Waals surface area (Å²) in [6, 6.07) is 10.1. The minimum Gasteiger partial charge on any atom is -0.382 e. The molecular weight excluding hydrogens is 280 g/mol. The first-order valence-corrected chi connectivity index (χ1v) is 6.16. The SMILES string of the molecule is CN(Cc1cc(N)n[nH]1)Cc1ccccc1Br. The molecule has 0 aliphatic heterocycles. The maximum absolute atomic E-state index is 5.56. The van der Waals surface area contributed by atoms with Crippen molar-refractivity contribution in [3.8, 4) is 0 Å². The molecule has 0 aliphatic carbocycles. The Labute approximate surface area is 109 Å². The summed E-state index contributed by atoms with van der Waals surface area (Å²) in [6.07, 6.45) is 0. The highest BCUT2D eigenvalue weighted by Crippen LogP contribution is 2.18. The number of nitrogens with two attached hydrogens (primary N) is 1. The van der Waals surface area contributed by atoms with E-state index in [0.29, 0.717) is 5.82 Å². The molecule has 0 saturated carbocycles. The lowest BCUT2D eigenvalue weighted by Crippen LogP contribution is -2.17. The van der Waals surface area contributed by atoms with Gasteiger partial charge in [-0.2, -0.15) is 5.10 Å². The Morgan fingerprint density at radius 2 is 2.12 bits per heavy atom. The van der Waals surface area contributed by atoms with Crippen molar-refractivity contribution in [3.63, 3.8) is 0 Å². The van der Waals surface area contributed by atoms with Gasteiger partial charge in [-0.3, -0.25) is 10.00 Å². The van der Waals surface area contributed by atoms with Crippen LogP contribution in [-0.2, 0) is 13.1 Å². The molecule has 2 rings (SSSR count). The molecule has 17 heavy (non-hydrogen) atoms. The number of hydrogen-bond acceptors (Lipinski definition) is 3. The van der Waals surface area contributed by atoms with Crippen LogP contribution in [-0.4, -0.2) is 22.1 Å². The summed E-state index contributed by atoms with van der Waals surface area (Å²) in [5.41, 5.74) is 7.85. The molecule has 1 heterocycles. The first kappa shape index (κ1) is 12.1. The molecule has 0 aliphatic rings. The monoisotopic (exact) mass is 294 g/mol. The summed E-state index contributed by atoms with van der Waals surface area (Å²) in [4.78, 5) is 2.20. The Morgan fingerprint density at radius 1 is 1.35 bits per heavy atom. The van der Waals surface area contributed by atoms with Gasteiger partial charge in [-0.15, -0.1) is 0 Å². The number of nitrogens with one attached hydrogen (secondary N) is 1. The minimum atomic E-state index is 0.536. The minimum absolute atomic E-state index is 0.536. The second-order valence-electron chi connectivity index (χ2n) is 4.08. The Hall–Kier alpha value is -1.33. The van der Waals surface area contributed by atoms with Gasteiger partial charge < -0.3 is 5.73 Å². The molecule has 0 fully saturated rings. The van der Waals surface area contributed by atoms with Crippen molar-refractivity contribution in [3.05, 3.63) is 46.1 Å². The molecule has 0 unspecified atom stereocenters. The number of benzene rings is 1. The lowest BCUT2D eigenvalue weighted by Gasteiger charge is -2.16. The average Bonchev–Trinajstić information content (AvgIpc) is 2.67. The van der Waals surface area contributed by atoms with Crippen LogP contribution in [0.25, 0.3) is 0 Å². The van der Waals surface area contributed by atoms with Crippen molar-refractivity contribution >= 4 is 21.7 Å². The number of rotatable bonds is 4. The van der Waals surface area contributed by atoms with E-state index in [0.717, 1.165) is 23.3 Å². The molecule has 90 valence electrons. The number of nitrogen functional groups attached to an aromatic ring is 1. The molecule has 0 radical (unpaired) electrons. The highest BCUT2D eigenvalue weighted by Gasteiger charge is 2.06. The van der Waals surface area contributed by atoms with Crippen LogP contribution in [0.5, 0.6) is 0 Å². The van der Waals surface area contributed by atoms with Crippen LogP contribution >= 0.6 is 15.9 Å². The molecule has 0 spiro atoms. The normalized spacial score (nSPS) is 11.0. The van der Waals surface area contributed by atoms with Crippen molar-refractivity contribution in [1.82, 2.24) is 15.1 Å². The first-order valence-electron chi connectivity index (χ1n) is 5.37. The molecule has 4 nitrogen and oxygen atoms in total. The molecule has 2 aromatic rings. The van der Waals surface area contributed by atoms with Crippen molar-refractivity contribution < 1.29 is 0 Å². The lowest BCUT2D eigenvalue weighted by atomic mass is 10.2. The third-order valence-electron chi connectivity index (χ3n) is 2.49. The van der Waals surface area contributed by atoms with Crippen LogP contribution in [0.4, 0.5) is 5.82 Å². The van der Waals surface area contributed by atoms with Gasteiger partial charge >= 0.3 is 0 Å². The molecule has 0 amide bonds. The molecule has 1 aromatic heterocycles. The van der Waals surface area contributed by atoms with Crippen LogP contribution in [0.15, 0.2) is 34.8 Å². The van der Waals surface area contributed by atoms with Crippen LogP contribution < -0.4 is 5.73 Å². The lowest BCUT2D eigenvalue weighted by molar-refractivity contribution is 0.314. The van der Waals surface area contributed by atoms with E-state index >= 15 is 0 Å². The fourth-order valence-corrected chi connectivity index (χ4v) is 2.13. The van der Waals surface area contributed by atoms with E-state index in [2.05, 4.69) is 50.2 Å². The van der Waals surface area contributed by atoms with Gasteiger partial charge in [0.1, 0.15) is 5.82 Å². The van der Waals surface area contributed by atoms with Crippen molar-refractivity contribution in [2.75, 3.05) is 12.8 Å². The summed E-state index contributed by atoms with van der Waals surface area (Å²) >= 11 is 3.55. The predicted molar refractivity (Wildman–Crippen MR) is 72.3 cm³/mol. The van der Waals surface area contributed by atoms with Crippen LogP contribution in [0.1, 0.15) is 11.3 Å². The number of halogens is 1. The molecule has 0 atom stereocenters. The van der Waals surface area contributed by atoms with E-state index in [4.69, 9.17) is 5.73 Å². The predicted octanol–water partition coefficient (Wildman–Crippen LogP) is 2.39. The van der Waals surface area contributed by atoms with Crippen LogP contribution in [0.2, 0.25) is 0 Å². The Kier molecular flexibility index (Phi) is 3.81. The second-order valence-corrected chi connectivity index (χ2v) is 4.94. The fraction of sp³-hybridized carbons (Fsp3) is 0.250. The van der Waals surface area contributed by atoms with E-state index < -0.39 is 0 Å². The van der Waals surface area contributed by atoms with Gasteiger partial charge in [0.15, 0.2) is 0 Å². The Morgan fingerprint density at radius 3 is 2.76 bits per heavy atom. The van der Waals surface area contributed by atoms with Crippen molar-refractivity contribution in [2.24, 2.45) is 0 Å². The molecule has 5 heteroatoms. The number of anilines is 1. The molecule has 1 aromatic carbocycles. The van der Waals surface area contributed by atoms with Gasteiger partial charge in [-0.25, -0.2) is 0 Å². The first-order chi connectivity index (χ1) is 8.15. The van der Waals surface area contributed by atoms with Gasteiger partial charge in [0.2, 0.25) is 0 Å². The van der Waals surface area contributed by atoms with E-state index in [9.17, 15) is 0 Å². The summed E-state index contributed by atoms with van der Waals surface area (Å²) in [6.45, 7) is 1.67. The van der Waals surface area contributed by atoms with E-state index in [1.807, 2.05) is 18.2 Å². The third-order valence-corrected chi connectivity index (χ3v) is 3.26. The average molecular weight is 295 g/mol. The number of aromatic amines is 1. The van der Waals surface area contributed by atoms with Crippen LogP contribution in [0.3, 0.4) is 0 Å². The van der Waals surface area contributed by atoms with Crippen molar-refractivity contribution in [1.29, 1.82) is 0 Å². The molecular formula is C12H15BrN4. The Balaban J connectivity index is 1.98. The van der Waals surface area contributed by atoms with E-state index in [1.54, 1.807) is 0 Å².